The first kappa shape index (κ1) is 16.5. The van der Waals surface area contributed by atoms with E-state index in [2.05, 4.69) is 58.7 Å². The van der Waals surface area contributed by atoms with Crippen molar-refractivity contribution >= 4 is 22.5 Å². The van der Waals surface area contributed by atoms with Crippen molar-refractivity contribution in [2.24, 2.45) is 0 Å². The first-order valence-corrected chi connectivity index (χ1v) is 9.17. The number of nitrogens with zero attached hydrogens (tertiary/aromatic N) is 2. The summed E-state index contributed by atoms with van der Waals surface area (Å²) in [5.41, 5.74) is 5.62. The molecule has 2 aromatic carbocycles. The summed E-state index contributed by atoms with van der Waals surface area (Å²) in [6.45, 7) is 7.16. The van der Waals surface area contributed by atoms with Gasteiger partial charge in [-0.1, -0.05) is 41.9 Å². The number of fused-ring (bicyclic) bond motifs is 1. The smallest absolute Gasteiger partial charge is 0.0712 e. The highest BCUT2D eigenvalue weighted by Gasteiger charge is 2.14. The first-order chi connectivity index (χ1) is 12.2. The Hall–Kier alpha value is -1.94. The van der Waals surface area contributed by atoms with Gasteiger partial charge in [-0.15, -0.1) is 0 Å². The SMILES string of the molecule is Cc1ccc(-c2cc(CN3CCNCC3)nc3ccccc23)cc1Cl. The number of benzene rings is 2. The maximum absolute atomic E-state index is 6.38. The molecule has 0 aliphatic carbocycles. The molecule has 25 heavy (non-hydrogen) atoms. The number of nitrogens with one attached hydrogen (secondary N) is 1. The van der Waals surface area contributed by atoms with Crippen LogP contribution < -0.4 is 5.32 Å². The third kappa shape index (κ3) is 3.54. The molecular formula is C21H22ClN3. The fourth-order valence-electron chi connectivity index (χ4n) is 3.41. The number of aryl methyl sites for hydroxylation is 1. The van der Waals surface area contributed by atoms with Gasteiger partial charge in [0.05, 0.1) is 11.2 Å². The number of hydrogen-bond donors (Lipinski definition) is 1. The van der Waals surface area contributed by atoms with Gasteiger partial charge in [-0.05, 0) is 41.8 Å². The van der Waals surface area contributed by atoms with E-state index in [0.717, 1.165) is 60.1 Å². The molecule has 128 valence electrons. The molecule has 1 aliphatic heterocycles. The van der Waals surface area contributed by atoms with Crippen molar-refractivity contribution in [3.05, 3.63) is 64.8 Å². The average molecular weight is 352 g/mol. The van der Waals surface area contributed by atoms with E-state index < -0.39 is 0 Å². The van der Waals surface area contributed by atoms with Crippen molar-refractivity contribution < 1.29 is 0 Å². The monoisotopic (exact) mass is 351 g/mol. The van der Waals surface area contributed by atoms with E-state index in [9.17, 15) is 0 Å². The normalized spacial score (nSPS) is 15.6. The minimum absolute atomic E-state index is 0.807. The minimum atomic E-state index is 0.807. The molecule has 0 radical (unpaired) electrons. The number of pyridine rings is 1. The molecule has 1 N–H and O–H groups in total. The lowest BCUT2D eigenvalue weighted by Crippen LogP contribution is -2.43. The molecule has 3 nitrogen and oxygen atoms in total. The molecule has 0 bridgehead atoms. The van der Waals surface area contributed by atoms with E-state index in [1.54, 1.807) is 0 Å². The number of para-hydroxylation sites is 1. The molecule has 1 aromatic heterocycles. The molecule has 4 rings (SSSR count). The lowest BCUT2D eigenvalue weighted by atomic mass is 9.99. The van der Waals surface area contributed by atoms with Crippen LogP contribution in [0.4, 0.5) is 0 Å². The molecule has 1 aliphatic rings. The number of halogens is 1. The standard InChI is InChI=1S/C21H22ClN3/c1-15-6-7-16(12-20(15)22)19-13-17(14-25-10-8-23-9-11-25)24-21-5-3-2-4-18(19)21/h2-7,12-13,23H,8-11,14H2,1H3. The Morgan fingerprint density at radius 2 is 1.88 bits per heavy atom. The highest BCUT2D eigenvalue weighted by molar-refractivity contribution is 6.31. The molecule has 2 heterocycles. The quantitative estimate of drug-likeness (QED) is 0.763. The van der Waals surface area contributed by atoms with Gasteiger partial charge in [0.15, 0.2) is 0 Å². The average Bonchev–Trinajstić information content (AvgIpc) is 2.64. The number of aromatic nitrogens is 1. The third-order valence-corrected chi connectivity index (χ3v) is 5.25. The van der Waals surface area contributed by atoms with E-state index in [-0.39, 0.29) is 0 Å². The summed E-state index contributed by atoms with van der Waals surface area (Å²) in [5.74, 6) is 0. The predicted molar refractivity (Wildman–Crippen MR) is 105 cm³/mol. The van der Waals surface area contributed by atoms with Crippen LogP contribution in [0.5, 0.6) is 0 Å². The van der Waals surface area contributed by atoms with Crippen molar-refractivity contribution in [2.75, 3.05) is 26.2 Å². The zero-order valence-corrected chi connectivity index (χ0v) is 15.2. The van der Waals surface area contributed by atoms with Crippen LogP contribution in [0.3, 0.4) is 0 Å². The van der Waals surface area contributed by atoms with Gasteiger partial charge >= 0.3 is 0 Å². The molecule has 0 saturated carbocycles. The Balaban J connectivity index is 1.79. The van der Waals surface area contributed by atoms with Crippen LogP contribution in [0.15, 0.2) is 48.5 Å². The molecule has 0 unspecified atom stereocenters. The molecule has 0 atom stereocenters. The van der Waals surface area contributed by atoms with Crippen LogP contribution in [-0.4, -0.2) is 36.1 Å². The van der Waals surface area contributed by atoms with Crippen LogP contribution in [0.1, 0.15) is 11.3 Å². The van der Waals surface area contributed by atoms with Crippen molar-refractivity contribution in [1.29, 1.82) is 0 Å². The van der Waals surface area contributed by atoms with E-state index in [4.69, 9.17) is 16.6 Å². The number of hydrogen-bond acceptors (Lipinski definition) is 3. The van der Waals surface area contributed by atoms with Gasteiger partial charge in [-0.2, -0.15) is 0 Å². The van der Waals surface area contributed by atoms with E-state index >= 15 is 0 Å². The number of rotatable bonds is 3. The predicted octanol–water partition coefficient (Wildman–Crippen LogP) is 4.27. The lowest BCUT2D eigenvalue weighted by Gasteiger charge is -2.27. The summed E-state index contributed by atoms with van der Waals surface area (Å²) in [5, 5.41) is 5.38. The van der Waals surface area contributed by atoms with Crippen LogP contribution in [0, 0.1) is 6.92 Å². The summed E-state index contributed by atoms with van der Waals surface area (Å²) in [4.78, 5) is 7.36. The molecule has 1 saturated heterocycles. The highest BCUT2D eigenvalue weighted by Crippen LogP contribution is 2.31. The molecule has 1 fully saturated rings. The van der Waals surface area contributed by atoms with Crippen LogP contribution in [0.2, 0.25) is 5.02 Å². The Bertz CT molecular complexity index is 901. The van der Waals surface area contributed by atoms with E-state index in [1.165, 1.54) is 10.9 Å². The lowest BCUT2D eigenvalue weighted by molar-refractivity contribution is 0.231. The molecule has 0 spiro atoms. The van der Waals surface area contributed by atoms with Crippen LogP contribution >= 0.6 is 11.6 Å². The summed E-state index contributed by atoms with van der Waals surface area (Å²) in [6.07, 6.45) is 0. The van der Waals surface area contributed by atoms with Crippen LogP contribution in [-0.2, 0) is 6.54 Å². The largest absolute Gasteiger partial charge is 0.314 e. The van der Waals surface area contributed by atoms with Crippen molar-refractivity contribution in [3.63, 3.8) is 0 Å². The Morgan fingerprint density at radius 3 is 2.68 bits per heavy atom. The zero-order valence-electron chi connectivity index (χ0n) is 14.4. The molecule has 4 heteroatoms. The van der Waals surface area contributed by atoms with Gasteiger partial charge in [-0.25, -0.2) is 0 Å². The fraction of sp³-hybridized carbons (Fsp3) is 0.286. The van der Waals surface area contributed by atoms with Gasteiger partial charge in [0.1, 0.15) is 0 Å². The second kappa shape index (κ2) is 7.12. The second-order valence-corrected chi connectivity index (χ2v) is 7.08. The highest BCUT2D eigenvalue weighted by atomic mass is 35.5. The summed E-state index contributed by atoms with van der Waals surface area (Å²) < 4.78 is 0. The maximum atomic E-state index is 6.38. The zero-order chi connectivity index (χ0) is 17.2. The maximum Gasteiger partial charge on any atom is 0.0712 e. The first-order valence-electron chi connectivity index (χ1n) is 8.79. The summed E-state index contributed by atoms with van der Waals surface area (Å²) in [6, 6.07) is 16.9. The van der Waals surface area contributed by atoms with Gasteiger partial charge < -0.3 is 5.32 Å². The fourth-order valence-corrected chi connectivity index (χ4v) is 3.59. The number of piperazine rings is 1. The molecule has 3 aromatic rings. The Kier molecular flexibility index (Phi) is 4.71. The summed E-state index contributed by atoms with van der Waals surface area (Å²) >= 11 is 6.38. The van der Waals surface area contributed by atoms with Crippen LogP contribution in [0.25, 0.3) is 22.0 Å². The molecular weight excluding hydrogens is 330 g/mol. The van der Waals surface area contributed by atoms with Gasteiger partial charge in [0, 0.05) is 43.1 Å². The Morgan fingerprint density at radius 1 is 1.08 bits per heavy atom. The molecule has 0 amide bonds. The van der Waals surface area contributed by atoms with Gasteiger partial charge in [0.2, 0.25) is 0 Å². The summed E-state index contributed by atoms with van der Waals surface area (Å²) in [7, 11) is 0. The van der Waals surface area contributed by atoms with Gasteiger partial charge in [-0.3, -0.25) is 9.88 Å². The van der Waals surface area contributed by atoms with E-state index in [1.807, 2.05) is 6.92 Å². The van der Waals surface area contributed by atoms with Crippen molar-refractivity contribution in [1.82, 2.24) is 15.2 Å². The Labute approximate surface area is 153 Å². The third-order valence-electron chi connectivity index (χ3n) is 4.85. The topological polar surface area (TPSA) is 28.2 Å². The minimum Gasteiger partial charge on any atom is -0.314 e. The van der Waals surface area contributed by atoms with Gasteiger partial charge in [0.25, 0.3) is 0 Å². The van der Waals surface area contributed by atoms with E-state index in [0.29, 0.717) is 0 Å². The second-order valence-electron chi connectivity index (χ2n) is 6.67. The van der Waals surface area contributed by atoms with Crippen molar-refractivity contribution in [3.8, 4) is 11.1 Å². The van der Waals surface area contributed by atoms with Crippen molar-refractivity contribution in [2.45, 2.75) is 13.5 Å².